The second kappa shape index (κ2) is 8.54. The van der Waals surface area contributed by atoms with Gasteiger partial charge in [0.25, 0.3) is 5.89 Å². The standard InChI is InChI=1S/C20H21N3O5S/c1-14-4-8-16(9-5-14)20-21-18(28-22-20)13-27-19(24)12-23(3)29(25,26)17-10-6-15(2)7-11-17/h4-11H,12-13H2,1-3H3. The van der Waals surface area contributed by atoms with Crippen molar-refractivity contribution in [3.8, 4) is 11.4 Å². The Morgan fingerprint density at radius 1 is 1.03 bits per heavy atom. The summed E-state index contributed by atoms with van der Waals surface area (Å²) in [6.45, 7) is 3.16. The number of sulfonamides is 1. The molecule has 8 nitrogen and oxygen atoms in total. The first-order valence-electron chi connectivity index (χ1n) is 8.84. The lowest BCUT2D eigenvalue weighted by Gasteiger charge is -2.16. The van der Waals surface area contributed by atoms with Crippen molar-refractivity contribution in [1.82, 2.24) is 14.4 Å². The fraction of sp³-hybridized carbons (Fsp3) is 0.250. The third kappa shape index (κ3) is 5.07. The summed E-state index contributed by atoms with van der Waals surface area (Å²) in [5, 5.41) is 3.86. The van der Waals surface area contributed by atoms with Crippen molar-refractivity contribution in [2.24, 2.45) is 0 Å². The zero-order valence-electron chi connectivity index (χ0n) is 16.3. The molecule has 0 aliphatic rings. The van der Waals surface area contributed by atoms with Gasteiger partial charge in [-0.15, -0.1) is 0 Å². The Bertz CT molecular complexity index is 1090. The third-order valence-electron chi connectivity index (χ3n) is 4.22. The van der Waals surface area contributed by atoms with Crippen LogP contribution < -0.4 is 0 Å². The number of hydrogen-bond donors (Lipinski definition) is 0. The Labute approximate surface area is 169 Å². The molecule has 0 N–H and O–H groups in total. The summed E-state index contributed by atoms with van der Waals surface area (Å²) in [4.78, 5) is 16.3. The van der Waals surface area contributed by atoms with Crippen LogP contribution in [0.5, 0.6) is 0 Å². The number of aromatic nitrogens is 2. The highest BCUT2D eigenvalue weighted by atomic mass is 32.2. The summed E-state index contributed by atoms with van der Waals surface area (Å²) < 4.78 is 36.1. The molecule has 2 aromatic carbocycles. The van der Waals surface area contributed by atoms with Crippen LogP contribution in [-0.4, -0.2) is 42.4 Å². The molecule has 0 bridgehead atoms. The van der Waals surface area contributed by atoms with E-state index in [1.165, 1.54) is 19.2 Å². The summed E-state index contributed by atoms with van der Waals surface area (Å²) in [5.41, 5.74) is 2.83. The van der Waals surface area contributed by atoms with Gasteiger partial charge in [0.05, 0.1) is 4.90 Å². The van der Waals surface area contributed by atoms with Crippen LogP contribution in [0, 0.1) is 13.8 Å². The van der Waals surface area contributed by atoms with Gasteiger partial charge in [0, 0.05) is 12.6 Å². The molecule has 0 spiro atoms. The maximum absolute atomic E-state index is 12.5. The Morgan fingerprint density at radius 2 is 1.62 bits per heavy atom. The smallest absolute Gasteiger partial charge is 0.321 e. The zero-order chi connectivity index (χ0) is 21.0. The molecule has 0 radical (unpaired) electrons. The van der Waals surface area contributed by atoms with E-state index in [2.05, 4.69) is 10.1 Å². The topological polar surface area (TPSA) is 103 Å². The maximum atomic E-state index is 12.5. The minimum absolute atomic E-state index is 0.109. The summed E-state index contributed by atoms with van der Waals surface area (Å²) in [6.07, 6.45) is 0. The van der Waals surface area contributed by atoms with Crippen LogP contribution in [0.3, 0.4) is 0 Å². The fourth-order valence-electron chi connectivity index (χ4n) is 2.48. The number of rotatable bonds is 7. The molecule has 0 fully saturated rings. The normalized spacial score (nSPS) is 11.6. The van der Waals surface area contributed by atoms with Gasteiger partial charge in [0.1, 0.15) is 6.54 Å². The fourth-order valence-corrected chi connectivity index (χ4v) is 3.59. The molecule has 1 heterocycles. The van der Waals surface area contributed by atoms with Crippen LogP contribution in [-0.2, 0) is 26.2 Å². The second-order valence-electron chi connectivity index (χ2n) is 6.61. The molecule has 0 atom stereocenters. The molecule has 0 saturated carbocycles. The SMILES string of the molecule is Cc1ccc(-c2noc(COC(=O)CN(C)S(=O)(=O)c3ccc(C)cc3)n2)cc1. The monoisotopic (exact) mass is 415 g/mol. The van der Waals surface area contributed by atoms with Gasteiger partial charge in [-0.3, -0.25) is 4.79 Å². The van der Waals surface area contributed by atoms with Crippen LogP contribution in [0.4, 0.5) is 0 Å². The molecule has 1 aromatic heterocycles. The first-order chi connectivity index (χ1) is 13.8. The predicted octanol–water partition coefficient (Wildman–Crippen LogP) is 2.72. The number of aryl methyl sites for hydroxylation is 2. The Hall–Kier alpha value is -3.04. The van der Waals surface area contributed by atoms with Crippen LogP contribution in [0.2, 0.25) is 0 Å². The minimum Gasteiger partial charge on any atom is -0.455 e. The van der Waals surface area contributed by atoms with E-state index in [9.17, 15) is 13.2 Å². The molecule has 9 heteroatoms. The van der Waals surface area contributed by atoms with Crippen molar-refractivity contribution in [2.45, 2.75) is 25.3 Å². The van der Waals surface area contributed by atoms with Gasteiger partial charge in [0.15, 0.2) is 6.61 Å². The zero-order valence-corrected chi connectivity index (χ0v) is 17.1. The molecule has 3 rings (SSSR count). The van der Waals surface area contributed by atoms with Gasteiger partial charge < -0.3 is 9.26 Å². The van der Waals surface area contributed by atoms with E-state index in [-0.39, 0.29) is 17.4 Å². The quantitative estimate of drug-likeness (QED) is 0.547. The van der Waals surface area contributed by atoms with Gasteiger partial charge in [-0.05, 0) is 26.0 Å². The van der Waals surface area contributed by atoms with E-state index in [0.717, 1.165) is 21.0 Å². The highest BCUT2D eigenvalue weighted by Gasteiger charge is 2.23. The number of carbonyl (C=O) groups excluding carboxylic acids is 1. The predicted molar refractivity (Wildman–Crippen MR) is 105 cm³/mol. The largest absolute Gasteiger partial charge is 0.455 e. The Kier molecular flexibility index (Phi) is 6.09. The van der Waals surface area contributed by atoms with Crippen LogP contribution in [0.15, 0.2) is 57.9 Å². The lowest BCUT2D eigenvalue weighted by molar-refractivity contribution is -0.145. The molecular formula is C20H21N3O5S. The van der Waals surface area contributed by atoms with E-state index in [0.29, 0.717) is 5.82 Å². The highest BCUT2D eigenvalue weighted by molar-refractivity contribution is 7.89. The van der Waals surface area contributed by atoms with Gasteiger partial charge in [-0.1, -0.05) is 52.7 Å². The summed E-state index contributed by atoms with van der Waals surface area (Å²) in [5.74, 6) is -0.216. The molecule has 0 aliphatic heterocycles. The average molecular weight is 415 g/mol. The molecule has 152 valence electrons. The Balaban J connectivity index is 1.57. The van der Waals surface area contributed by atoms with Gasteiger partial charge in [-0.25, -0.2) is 8.42 Å². The molecule has 3 aromatic rings. The minimum atomic E-state index is -3.79. The molecule has 29 heavy (non-hydrogen) atoms. The van der Waals surface area contributed by atoms with Crippen LogP contribution in [0.25, 0.3) is 11.4 Å². The van der Waals surface area contributed by atoms with Gasteiger partial charge in [-0.2, -0.15) is 9.29 Å². The highest BCUT2D eigenvalue weighted by Crippen LogP contribution is 2.17. The van der Waals surface area contributed by atoms with E-state index in [1.54, 1.807) is 12.1 Å². The van der Waals surface area contributed by atoms with Crippen molar-refractivity contribution < 1.29 is 22.5 Å². The van der Waals surface area contributed by atoms with Crippen molar-refractivity contribution in [1.29, 1.82) is 0 Å². The van der Waals surface area contributed by atoms with Gasteiger partial charge >= 0.3 is 5.97 Å². The molecule has 0 unspecified atom stereocenters. The van der Waals surface area contributed by atoms with Crippen molar-refractivity contribution in [3.05, 3.63) is 65.5 Å². The number of benzene rings is 2. The number of likely N-dealkylation sites (N-methyl/N-ethyl adjacent to an activating group) is 1. The van der Waals surface area contributed by atoms with E-state index in [4.69, 9.17) is 9.26 Å². The number of ether oxygens (including phenoxy) is 1. The number of carbonyl (C=O) groups is 1. The number of hydrogen-bond acceptors (Lipinski definition) is 7. The van der Waals surface area contributed by atoms with E-state index >= 15 is 0 Å². The summed E-state index contributed by atoms with van der Waals surface area (Å²) in [6, 6.07) is 14.0. The first kappa shape index (κ1) is 20.7. The van der Waals surface area contributed by atoms with Crippen molar-refractivity contribution >= 4 is 16.0 Å². The third-order valence-corrected chi connectivity index (χ3v) is 6.03. The van der Waals surface area contributed by atoms with E-state index < -0.39 is 22.5 Å². The van der Waals surface area contributed by atoms with Crippen molar-refractivity contribution in [3.63, 3.8) is 0 Å². The molecule has 0 aliphatic carbocycles. The number of nitrogens with zero attached hydrogens (tertiary/aromatic N) is 3. The summed E-state index contributed by atoms with van der Waals surface area (Å²) >= 11 is 0. The van der Waals surface area contributed by atoms with E-state index in [1.807, 2.05) is 38.1 Å². The lowest BCUT2D eigenvalue weighted by atomic mass is 10.1. The second-order valence-corrected chi connectivity index (χ2v) is 8.66. The van der Waals surface area contributed by atoms with Gasteiger partial charge in [0.2, 0.25) is 15.8 Å². The lowest BCUT2D eigenvalue weighted by Crippen LogP contribution is -2.33. The number of esters is 1. The average Bonchev–Trinajstić information content (AvgIpc) is 3.16. The molecule has 0 saturated heterocycles. The van der Waals surface area contributed by atoms with Crippen molar-refractivity contribution in [2.75, 3.05) is 13.6 Å². The van der Waals surface area contributed by atoms with Crippen LogP contribution >= 0.6 is 0 Å². The Morgan fingerprint density at radius 3 is 2.24 bits per heavy atom. The first-order valence-corrected chi connectivity index (χ1v) is 10.3. The summed E-state index contributed by atoms with van der Waals surface area (Å²) in [7, 11) is -2.47. The molecule has 0 amide bonds. The maximum Gasteiger partial charge on any atom is 0.321 e. The van der Waals surface area contributed by atoms with Crippen LogP contribution in [0.1, 0.15) is 17.0 Å². The molecular weight excluding hydrogens is 394 g/mol.